The Morgan fingerprint density at radius 1 is 1.33 bits per heavy atom. The van der Waals surface area contributed by atoms with Crippen LogP contribution in [-0.2, 0) is 9.47 Å². The fraction of sp³-hybridized carbons (Fsp3) is 1.00. The zero-order valence-corrected chi connectivity index (χ0v) is 12.7. The second kappa shape index (κ2) is 5.10. The molecule has 2 saturated heterocycles. The number of ether oxygens (including phenoxy) is 2. The third kappa shape index (κ3) is 3.06. The maximum Gasteiger partial charge on any atom is 0.170 e. The van der Waals surface area contributed by atoms with Gasteiger partial charge in [0.1, 0.15) is 0 Å². The maximum absolute atomic E-state index is 6.19. The summed E-state index contributed by atoms with van der Waals surface area (Å²) in [4.78, 5) is 2.54. The van der Waals surface area contributed by atoms with Crippen LogP contribution in [0.15, 0.2) is 0 Å². The van der Waals surface area contributed by atoms with E-state index in [9.17, 15) is 0 Å². The van der Waals surface area contributed by atoms with Crippen LogP contribution in [0.3, 0.4) is 0 Å². The van der Waals surface area contributed by atoms with E-state index in [4.69, 9.17) is 9.47 Å². The van der Waals surface area contributed by atoms with E-state index in [1.165, 1.54) is 25.9 Å². The lowest BCUT2D eigenvalue weighted by atomic mass is 9.87. The number of rotatable bonds is 2. The van der Waals surface area contributed by atoms with Gasteiger partial charge in [0.15, 0.2) is 5.79 Å². The van der Waals surface area contributed by atoms with Crippen LogP contribution >= 0.6 is 0 Å². The van der Waals surface area contributed by atoms with E-state index in [0.29, 0.717) is 0 Å². The zero-order chi connectivity index (χ0) is 13.4. The summed E-state index contributed by atoms with van der Waals surface area (Å²) < 4.78 is 12.1. The lowest BCUT2D eigenvalue weighted by molar-refractivity contribution is -0.218. The van der Waals surface area contributed by atoms with Crippen molar-refractivity contribution in [3.05, 3.63) is 0 Å². The van der Waals surface area contributed by atoms with E-state index in [2.05, 4.69) is 39.5 Å². The van der Waals surface area contributed by atoms with Crippen LogP contribution in [0.4, 0.5) is 0 Å². The first-order chi connectivity index (χ1) is 8.30. The van der Waals surface area contributed by atoms with E-state index in [-0.39, 0.29) is 11.5 Å². The molecule has 0 N–H and O–H groups in total. The Morgan fingerprint density at radius 2 is 2.06 bits per heavy atom. The fourth-order valence-electron chi connectivity index (χ4n) is 2.86. The Hall–Kier alpha value is -0.120. The molecule has 2 aliphatic heterocycles. The van der Waals surface area contributed by atoms with Gasteiger partial charge in [-0.1, -0.05) is 27.7 Å². The maximum atomic E-state index is 6.19. The van der Waals surface area contributed by atoms with Crippen LogP contribution in [0.25, 0.3) is 0 Å². The van der Waals surface area contributed by atoms with Crippen LogP contribution in [0.5, 0.6) is 0 Å². The van der Waals surface area contributed by atoms with Gasteiger partial charge in [-0.15, -0.1) is 0 Å². The van der Waals surface area contributed by atoms with Gasteiger partial charge in [0.25, 0.3) is 0 Å². The normalized spacial score (nSPS) is 39.2. The summed E-state index contributed by atoms with van der Waals surface area (Å²) in [6, 6.07) is 0. The summed E-state index contributed by atoms with van der Waals surface area (Å²) in [6.07, 6.45) is 2.93. The third-order valence-corrected chi connectivity index (χ3v) is 4.50. The van der Waals surface area contributed by atoms with Crippen LogP contribution in [0, 0.1) is 11.3 Å². The molecule has 2 rings (SSSR count). The standard InChI is InChI=1S/C15H29NO2/c1-12-7-6-8-16(9-12)10-13-11-17-15(5,18-13)14(2,3)4/h12-13H,6-11H2,1-5H3. The summed E-state index contributed by atoms with van der Waals surface area (Å²) in [5, 5.41) is 0. The Labute approximate surface area is 112 Å². The van der Waals surface area contributed by atoms with Crippen molar-refractivity contribution in [2.45, 2.75) is 59.4 Å². The van der Waals surface area contributed by atoms with E-state index in [1.54, 1.807) is 0 Å². The SMILES string of the molecule is CC1CCCN(CC2COC(C)(C(C)(C)C)O2)C1. The summed E-state index contributed by atoms with van der Waals surface area (Å²) in [5.74, 6) is 0.397. The lowest BCUT2D eigenvalue weighted by Gasteiger charge is -2.37. The molecule has 106 valence electrons. The summed E-state index contributed by atoms with van der Waals surface area (Å²) in [7, 11) is 0. The van der Waals surface area contributed by atoms with E-state index in [1.807, 2.05) is 0 Å². The van der Waals surface area contributed by atoms with Gasteiger partial charge >= 0.3 is 0 Å². The minimum atomic E-state index is -0.431. The molecule has 0 aromatic carbocycles. The molecular formula is C15H29NO2. The molecule has 0 saturated carbocycles. The lowest BCUT2D eigenvalue weighted by Crippen LogP contribution is -2.44. The number of likely N-dealkylation sites (tertiary alicyclic amines) is 1. The van der Waals surface area contributed by atoms with Crippen LogP contribution in [-0.4, -0.2) is 43.0 Å². The summed E-state index contributed by atoms with van der Waals surface area (Å²) in [5.41, 5.74) is 0.0247. The number of hydrogen-bond donors (Lipinski definition) is 0. The number of piperidine rings is 1. The minimum Gasteiger partial charge on any atom is -0.347 e. The summed E-state index contributed by atoms with van der Waals surface area (Å²) >= 11 is 0. The van der Waals surface area contributed by atoms with Gasteiger partial charge in [0, 0.05) is 18.5 Å². The highest BCUT2D eigenvalue weighted by Gasteiger charge is 2.46. The average Bonchev–Trinajstić information content (AvgIpc) is 2.60. The van der Waals surface area contributed by atoms with E-state index >= 15 is 0 Å². The Morgan fingerprint density at radius 3 is 2.61 bits per heavy atom. The third-order valence-electron chi connectivity index (χ3n) is 4.50. The molecule has 0 bridgehead atoms. The van der Waals surface area contributed by atoms with Gasteiger partial charge in [-0.05, 0) is 32.2 Å². The van der Waals surface area contributed by atoms with Crippen LogP contribution in [0.2, 0.25) is 0 Å². The van der Waals surface area contributed by atoms with Crippen molar-refractivity contribution >= 4 is 0 Å². The Kier molecular flexibility index (Phi) is 4.05. The molecular weight excluding hydrogens is 226 g/mol. The first kappa shape index (κ1) is 14.3. The molecule has 3 heteroatoms. The molecule has 0 radical (unpaired) electrons. The molecule has 0 aromatic rings. The largest absolute Gasteiger partial charge is 0.347 e. The smallest absolute Gasteiger partial charge is 0.170 e. The van der Waals surface area contributed by atoms with Crippen molar-refractivity contribution in [3.8, 4) is 0 Å². The number of hydrogen-bond acceptors (Lipinski definition) is 3. The van der Waals surface area contributed by atoms with Gasteiger partial charge in [-0.3, -0.25) is 0 Å². The molecule has 0 spiro atoms. The molecule has 0 amide bonds. The van der Waals surface area contributed by atoms with Crippen molar-refractivity contribution < 1.29 is 9.47 Å². The highest BCUT2D eigenvalue weighted by molar-refractivity contribution is 4.87. The average molecular weight is 255 g/mol. The molecule has 0 aromatic heterocycles. The molecule has 3 atom stereocenters. The minimum absolute atomic E-state index is 0.0247. The molecule has 18 heavy (non-hydrogen) atoms. The molecule has 2 fully saturated rings. The van der Waals surface area contributed by atoms with Gasteiger partial charge in [-0.2, -0.15) is 0 Å². The zero-order valence-electron chi connectivity index (χ0n) is 12.7. The Bertz CT molecular complexity index is 287. The first-order valence-corrected chi connectivity index (χ1v) is 7.34. The highest BCUT2D eigenvalue weighted by Crippen LogP contribution is 2.39. The number of nitrogens with zero attached hydrogens (tertiary/aromatic N) is 1. The Balaban J connectivity index is 1.86. The molecule has 3 unspecified atom stereocenters. The monoisotopic (exact) mass is 255 g/mol. The van der Waals surface area contributed by atoms with E-state index < -0.39 is 5.79 Å². The molecule has 2 aliphatic rings. The van der Waals surface area contributed by atoms with Gasteiger partial charge in [0.05, 0.1) is 12.7 Å². The van der Waals surface area contributed by atoms with Gasteiger partial charge in [0.2, 0.25) is 0 Å². The van der Waals surface area contributed by atoms with Crippen LogP contribution in [0.1, 0.15) is 47.5 Å². The second-order valence-electron chi connectivity index (χ2n) is 7.25. The fourth-order valence-corrected chi connectivity index (χ4v) is 2.86. The predicted molar refractivity (Wildman–Crippen MR) is 73.5 cm³/mol. The molecule has 3 nitrogen and oxygen atoms in total. The van der Waals surface area contributed by atoms with Crippen molar-refractivity contribution in [1.29, 1.82) is 0 Å². The molecule has 2 heterocycles. The van der Waals surface area contributed by atoms with Crippen molar-refractivity contribution in [2.75, 3.05) is 26.2 Å². The van der Waals surface area contributed by atoms with Crippen LogP contribution < -0.4 is 0 Å². The summed E-state index contributed by atoms with van der Waals surface area (Å²) in [6.45, 7) is 15.1. The van der Waals surface area contributed by atoms with Crippen molar-refractivity contribution in [2.24, 2.45) is 11.3 Å². The predicted octanol–water partition coefficient (Wildman–Crippen LogP) is 2.90. The highest BCUT2D eigenvalue weighted by atomic mass is 16.7. The van der Waals surface area contributed by atoms with Crippen molar-refractivity contribution in [1.82, 2.24) is 4.90 Å². The molecule has 0 aliphatic carbocycles. The second-order valence-corrected chi connectivity index (χ2v) is 7.25. The van der Waals surface area contributed by atoms with E-state index in [0.717, 1.165) is 19.1 Å². The van der Waals surface area contributed by atoms with Gasteiger partial charge in [-0.25, -0.2) is 0 Å². The topological polar surface area (TPSA) is 21.7 Å². The van der Waals surface area contributed by atoms with Gasteiger partial charge < -0.3 is 14.4 Å². The quantitative estimate of drug-likeness (QED) is 0.757. The first-order valence-electron chi connectivity index (χ1n) is 7.34. The van der Waals surface area contributed by atoms with Crippen molar-refractivity contribution in [3.63, 3.8) is 0 Å².